The molecule has 3 aromatic rings. The molecule has 1 aliphatic rings. The van der Waals surface area contributed by atoms with Gasteiger partial charge in [0.1, 0.15) is 11.9 Å². The largest absolute Gasteiger partial charge is 0.385 e. The van der Waals surface area contributed by atoms with E-state index in [1.807, 2.05) is 24.7 Å². The fourth-order valence-electron chi connectivity index (χ4n) is 4.04. The van der Waals surface area contributed by atoms with Crippen LogP contribution in [0.4, 0.5) is 0 Å². The summed E-state index contributed by atoms with van der Waals surface area (Å²) in [6.45, 7) is 2.95. The number of carbonyl (C=O) groups excluding carboxylic acids is 1. The van der Waals surface area contributed by atoms with Crippen LogP contribution in [0.1, 0.15) is 40.8 Å². The number of pyridine rings is 1. The lowest BCUT2D eigenvalue weighted by atomic mass is 9.90. The van der Waals surface area contributed by atoms with E-state index in [4.69, 9.17) is 0 Å². The minimum absolute atomic E-state index is 0.0692. The first kappa shape index (κ1) is 18.4. The SMILES string of the molecule is Cc1cc(=O)c2cccc(C(=O)N3CCC([C@@H](O)c4nccn4C)CC3)c2[nH]1. The molecule has 0 saturated carbocycles. The van der Waals surface area contributed by atoms with Gasteiger partial charge in [-0.05, 0) is 37.8 Å². The van der Waals surface area contributed by atoms with Crippen molar-refractivity contribution in [1.29, 1.82) is 0 Å². The van der Waals surface area contributed by atoms with Crippen molar-refractivity contribution < 1.29 is 9.90 Å². The van der Waals surface area contributed by atoms with Gasteiger partial charge < -0.3 is 19.6 Å². The first-order chi connectivity index (χ1) is 13.5. The average molecular weight is 380 g/mol. The zero-order valence-electron chi connectivity index (χ0n) is 16.1. The van der Waals surface area contributed by atoms with Gasteiger partial charge in [-0.3, -0.25) is 9.59 Å². The molecule has 0 spiro atoms. The summed E-state index contributed by atoms with van der Waals surface area (Å²) < 4.78 is 1.83. The molecule has 0 unspecified atom stereocenters. The number of aryl methyl sites for hydroxylation is 2. The topological polar surface area (TPSA) is 91.2 Å². The third-order valence-corrected chi connectivity index (χ3v) is 5.63. The van der Waals surface area contributed by atoms with Crippen molar-refractivity contribution in [3.8, 4) is 0 Å². The molecule has 1 atom stereocenters. The molecule has 1 aromatic carbocycles. The van der Waals surface area contributed by atoms with E-state index >= 15 is 0 Å². The summed E-state index contributed by atoms with van der Waals surface area (Å²) in [6, 6.07) is 6.79. The predicted octanol–water partition coefficient (Wildman–Crippen LogP) is 2.16. The fourth-order valence-corrected chi connectivity index (χ4v) is 4.04. The minimum Gasteiger partial charge on any atom is -0.385 e. The molecule has 2 aromatic heterocycles. The van der Waals surface area contributed by atoms with E-state index in [2.05, 4.69) is 9.97 Å². The molecule has 0 aliphatic carbocycles. The molecular formula is C21H24N4O3. The fraction of sp³-hybridized carbons (Fsp3) is 0.381. The summed E-state index contributed by atoms with van der Waals surface area (Å²) in [5.74, 6) is 0.642. The number of aromatic nitrogens is 3. The number of aliphatic hydroxyl groups excluding tert-OH is 1. The van der Waals surface area contributed by atoms with Crippen LogP contribution in [0.3, 0.4) is 0 Å². The number of nitrogens with zero attached hydrogens (tertiary/aromatic N) is 3. The number of piperidine rings is 1. The predicted molar refractivity (Wildman–Crippen MR) is 106 cm³/mol. The summed E-state index contributed by atoms with van der Waals surface area (Å²) >= 11 is 0. The van der Waals surface area contributed by atoms with Gasteiger partial charge in [0.25, 0.3) is 5.91 Å². The first-order valence-electron chi connectivity index (χ1n) is 9.53. The van der Waals surface area contributed by atoms with Crippen molar-refractivity contribution in [3.05, 3.63) is 64.0 Å². The van der Waals surface area contributed by atoms with Gasteiger partial charge in [0.05, 0.1) is 11.1 Å². The number of imidazole rings is 1. The van der Waals surface area contributed by atoms with Gasteiger partial charge in [0.2, 0.25) is 0 Å². The van der Waals surface area contributed by atoms with Crippen LogP contribution >= 0.6 is 0 Å². The second-order valence-electron chi connectivity index (χ2n) is 7.52. The maximum atomic E-state index is 13.1. The highest BCUT2D eigenvalue weighted by molar-refractivity contribution is 6.05. The molecule has 146 valence electrons. The molecule has 4 rings (SSSR count). The van der Waals surface area contributed by atoms with Gasteiger partial charge in [-0.2, -0.15) is 0 Å². The molecule has 28 heavy (non-hydrogen) atoms. The van der Waals surface area contributed by atoms with E-state index in [0.29, 0.717) is 48.2 Å². The molecule has 0 radical (unpaired) electrons. The highest BCUT2D eigenvalue weighted by atomic mass is 16.3. The lowest BCUT2D eigenvalue weighted by Crippen LogP contribution is -2.40. The van der Waals surface area contributed by atoms with E-state index < -0.39 is 6.10 Å². The van der Waals surface area contributed by atoms with Crippen LogP contribution in [-0.4, -0.2) is 43.5 Å². The van der Waals surface area contributed by atoms with Crippen LogP contribution in [0, 0.1) is 12.8 Å². The van der Waals surface area contributed by atoms with Crippen LogP contribution in [-0.2, 0) is 7.05 Å². The summed E-state index contributed by atoms with van der Waals surface area (Å²) in [6.07, 6.45) is 4.29. The van der Waals surface area contributed by atoms with Gasteiger partial charge in [-0.15, -0.1) is 0 Å². The number of H-pyrrole nitrogens is 1. The second kappa shape index (κ2) is 7.24. The van der Waals surface area contributed by atoms with Gasteiger partial charge in [0.15, 0.2) is 5.43 Å². The molecule has 7 nitrogen and oxygen atoms in total. The summed E-state index contributed by atoms with van der Waals surface area (Å²) in [5, 5.41) is 11.2. The molecule has 0 bridgehead atoms. The maximum Gasteiger partial charge on any atom is 0.255 e. The lowest BCUT2D eigenvalue weighted by Gasteiger charge is -2.34. The maximum absolute atomic E-state index is 13.1. The van der Waals surface area contributed by atoms with Crippen LogP contribution in [0.15, 0.2) is 41.5 Å². The Kier molecular flexibility index (Phi) is 4.77. The number of carbonyl (C=O) groups is 1. The third-order valence-electron chi connectivity index (χ3n) is 5.63. The number of amides is 1. The number of para-hydroxylation sites is 1. The van der Waals surface area contributed by atoms with Crippen LogP contribution < -0.4 is 5.43 Å². The number of nitrogens with one attached hydrogen (secondary N) is 1. The van der Waals surface area contributed by atoms with E-state index in [-0.39, 0.29) is 17.3 Å². The molecule has 2 N–H and O–H groups in total. The van der Waals surface area contributed by atoms with Gasteiger partial charge in [-0.1, -0.05) is 6.07 Å². The number of likely N-dealkylation sites (tertiary alicyclic amines) is 1. The van der Waals surface area contributed by atoms with Gasteiger partial charge in [-0.25, -0.2) is 4.98 Å². The molecule has 7 heteroatoms. The number of fused-ring (bicyclic) bond motifs is 1. The number of aliphatic hydroxyl groups is 1. The van der Waals surface area contributed by atoms with Crippen molar-refractivity contribution >= 4 is 16.8 Å². The van der Waals surface area contributed by atoms with Crippen molar-refractivity contribution in [2.24, 2.45) is 13.0 Å². The normalized spacial score (nSPS) is 16.5. The van der Waals surface area contributed by atoms with E-state index in [0.717, 1.165) is 5.69 Å². The quantitative estimate of drug-likeness (QED) is 0.728. The summed E-state index contributed by atoms with van der Waals surface area (Å²) in [7, 11) is 1.87. The van der Waals surface area contributed by atoms with Crippen molar-refractivity contribution in [1.82, 2.24) is 19.4 Å². The standard InChI is InChI=1S/C21H24N4O3/c1-13-12-17(26)15-4-3-5-16(18(15)23-13)21(28)25-9-6-14(7-10-25)19(27)20-22-8-11-24(20)2/h3-5,8,11-12,14,19,27H,6-7,9-10H2,1-2H3,(H,23,26)/t19-/m1/s1. The number of benzene rings is 1. The second-order valence-corrected chi connectivity index (χ2v) is 7.52. The third kappa shape index (κ3) is 3.22. The van der Waals surface area contributed by atoms with E-state index in [1.165, 1.54) is 0 Å². The zero-order chi connectivity index (χ0) is 19.8. The number of rotatable bonds is 3. The van der Waals surface area contributed by atoms with E-state index in [1.54, 1.807) is 35.4 Å². The average Bonchev–Trinajstić information content (AvgIpc) is 3.12. The molecule has 3 heterocycles. The highest BCUT2D eigenvalue weighted by Gasteiger charge is 2.31. The highest BCUT2D eigenvalue weighted by Crippen LogP contribution is 2.30. The Balaban J connectivity index is 1.53. The van der Waals surface area contributed by atoms with Crippen LogP contribution in [0.25, 0.3) is 10.9 Å². The van der Waals surface area contributed by atoms with Gasteiger partial charge in [0, 0.05) is 49.7 Å². The summed E-state index contributed by atoms with van der Waals surface area (Å²) in [4.78, 5) is 34.6. The van der Waals surface area contributed by atoms with Crippen molar-refractivity contribution in [2.45, 2.75) is 25.9 Å². The molecular weight excluding hydrogens is 356 g/mol. The Labute approximate surface area is 162 Å². The Bertz CT molecular complexity index is 1080. The van der Waals surface area contributed by atoms with Crippen molar-refractivity contribution in [2.75, 3.05) is 13.1 Å². The Morgan fingerprint density at radius 1 is 1.32 bits per heavy atom. The number of hydrogen-bond acceptors (Lipinski definition) is 4. The lowest BCUT2D eigenvalue weighted by molar-refractivity contribution is 0.0421. The number of hydrogen-bond donors (Lipinski definition) is 2. The smallest absolute Gasteiger partial charge is 0.255 e. The molecule has 1 saturated heterocycles. The summed E-state index contributed by atoms with van der Waals surface area (Å²) in [5.41, 5.74) is 1.75. The Morgan fingerprint density at radius 2 is 2.07 bits per heavy atom. The van der Waals surface area contributed by atoms with Crippen molar-refractivity contribution in [3.63, 3.8) is 0 Å². The van der Waals surface area contributed by atoms with Gasteiger partial charge >= 0.3 is 0 Å². The Hall–Kier alpha value is -2.93. The first-order valence-corrected chi connectivity index (χ1v) is 9.53. The van der Waals surface area contributed by atoms with E-state index in [9.17, 15) is 14.7 Å². The van der Waals surface area contributed by atoms with Crippen LogP contribution in [0.5, 0.6) is 0 Å². The molecule has 1 amide bonds. The van der Waals surface area contributed by atoms with Crippen LogP contribution in [0.2, 0.25) is 0 Å². The number of aromatic amines is 1. The minimum atomic E-state index is -0.631. The Morgan fingerprint density at radius 3 is 2.75 bits per heavy atom. The monoisotopic (exact) mass is 380 g/mol. The molecule has 1 fully saturated rings. The zero-order valence-corrected chi connectivity index (χ0v) is 16.1. The molecule has 1 aliphatic heterocycles.